The Hall–Kier alpha value is -2.18. The summed E-state index contributed by atoms with van der Waals surface area (Å²) in [5.74, 6) is -0.697. The molecule has 212 valence electrons. The molecule has 0 spiro atoms. The lowest BCUT2D eigenvalue weighted by molar-refractivity contribution is -0.161. The molecule has 6 heteroatoms. The van der Waals surface area contributed by atoms with Crippen molar-refractivity contribution in [1.29, 1.82) is 0 Å². The molecule has 0 rings (SSSR count). The van der Waals surface area contributed by atoms with E-state index >= 15 is 0 Å². The van der Waals surface area contributed by atoms with E-state index in [1.54, 1.807) is 0 Å². The average Bonchev–Trinajstić information content (AvgIpc) is 2.90. The second kappa shape index (κ2) is 26.9. The van der Waals surface area contributed by atoms with Crippen molar-refractivity contribution in [2.75, 3.05) is 13.2 Å². The Balaban J connectivity index is 3.77. The van der Waals surface area contributed by atoms with Crippen molar-refractivity contribution in [3.05, 3.63) is 48.6 Å². The van der Waals surface area contributed by atoms with Crippen molar-refractivity contribution in [2.45, 2.75) is 122 Å². The van der Waals surface area contributed by atoms with E-state index in [1.165, 1.54) is 6.42 Å². The molecule has 0 saturated carbocycles. The van der Waals surface area contributed by atoms with E-state index < -0.39 is 6.10 Å². The average molecular weight is 521 g/mol. The van der Waals surface area contributed by atoms with Gasteiger partial charge in [-0.1, -0.05) is 88.1 Å². The standard InChI is InChI=1S/C31H52O6/c1-3-5-6-17-21-24-30(34)36-27-29(26-32)37-31(35)25-22-19-16-14-12-10-8-7-9-11-13-15-18-20-23-28(33)4-2/h8-11,14-16,18,28-29,32-33H,3-7,12-13,17,19-27H2,1-2H3/b10-8-,11-9-,16-14-,18-15-/t28-,29+/m1/s1. The van der Waals surface area contributed by atoms with Crippen LogP contribution in [0.25, 0.3) is 0 Å². The monoisotopic (exact) mass is 520 g/mol. The maximum atomic E-state index is 12.0. The Morgan fingerprint density at radius 1 is 0.730 bits per heavy atom. The van der Waals surface area contributed by atoms with E-state index in [-0.39, 0.29) is 37.7 Å². The summed E-state index contributed by atoms with van der Waals surface area (Å²) >= 11 is 0. The molecule has 0 aliphatic rings. The van der Waals surface area contributed by atoms with Crippen molar-refractivity contribution in [1.82, 2.24) is 0 Å². The predicted octanol–water partition coefficient (Wildman–Crippen LogP) is 6.91. The summed E-state index contributed by atoms with van der Waals surface area (Å²) in [5, 5.41) is 18.9. The largest absolute Gasteiger partial charge is 0.462 e. The number of allylic oxidation sites excluding steroid dienone is 8. The molecule has 0 radical (unpaired) electrons. The van der Waals surface area contributed by atoms with Crippen LogP contribution in [0.3, 0.4) is 0 Å². The van der Waals surface area contributed by atoms with Gasteiger partial charge < -0.3 is 19.7 Å². The smallest absolute Gasteiger partial charge is 0.306 e. The third kappa shape index (κ3) is 25.3. The Bertz CT molecular complexity index is 665. The summed E-state index contributed by atoms with van der Waals surface area (Å²) in [4.78, 5) is 23.7. The highest BCUT2D eigenvalue weighted by Crippen LogP contribution is 2.07. The van der Waals surface area contributed by atoms with Crippen molar-refractivity contribution >= 4 is 11.9 Å². The molecule has 0 bridgehead atoms. The van der Waals surface area contributed by atoms with Crippen molar-refractivity contribution in [2.24, 2.45) is 0 Å². The minimum absolute atomic E-state index is 0.0990. The first-order valence-corrected chi connectivity index (χ1v) is 14.3. The number of carbonyl (C=O) groups is 2. The van der Waals surface area contributed by atoms with E-state index in [0.29, 0.717) is 12.8 Å². The van der Waals surface area contributed by atoms with Crippen LogP contribution in [0, 0.1) is 0 Å². The lowest BCUT2D eigenvalue weighted by atomic mass is 10.1. The van der Waals surface area contributed by atoms with Crippen LogP contribution in [0.15, 0.2) is 48.6 Å². The topological polar surface area (TPSA) is 93.1 Å². The van der Waals surface area contributed by atoms with E-state index in [4.69, 9.17) is 9.47 Å². The van der Waals surface area contributed by atoms with Gasteiger partial charge in [0, 0.05) is 12.8 Å². The number of ether oxygens (including phenoxy) is 2. The number of aliphatic hydroxyl groups excluding tert-OH is 2. The molecular weight excluding hydrogens is 468 g/mol. The normalized spacial score (nSPS) is 13.7. The molecule has 0 saturated heterocycles. The van der Waals surface area contributed by atoms with Gasteiger partial charge in [-0.2, -0.15) is 0 Å². The van der Waals surface area contributed by atoms with E-state index in [0.717, 1.165) is 70.6 Å². The fraction of sp³-hybridized carbons (Fsp3) is 0.677. The van der Waals surface area contributed by atoms with Crippen LogP contribution in [0.4, 0.5) is 0 Å². The number of rotatable bonds is 24. The van der Waals surface area contributed by atoms with Crippen LogP contribution < -0.4 is 0 Å². The van der Waals surface area contributed by atoms with Gasteiger partial charge in [0.1, 0.15) is 6.61 Å². The van der Waals surface area contributed by atoms with Gasteiger partial charge in [0.05, 0.1) is 12.7 Å². The van der Waals surface area contributed by atoms with Crippen LogP contribution in [0.1, 0.15) is 110 Å². The molecule has 0 aromatic rings. The van der Waals surface area contributed by atoms with Gasteiger partial charge in [0.25, 0.3) is 0 Å². The molecule has 0 heterocycles. The third-order valence-electron chi connectivity index (χ3n) is 5.79. The van der Waals surface area contributed by atoms with Crippen LogP contribution in [-0.4, -0.2) is 47.6 Å². The highest BCUT2D eigenvalue weighted by molar-refractivity contribution is 5.70. The number of hydrogen-bond donors (Lipinski definition) is 2. The molecule has 0 fully saturated rings. The quantitative estimate of drug-likeness (QED) is 0.0816. The minimum atomic E-state index is -0.804. The minimum Gasteiger partial charge on any atom is -0.462 e. The number of hydrogen-bond acceptors (Lipinski definition) is 6. The zero-order valence-electron chi connectivity index (χ0n) is 23.3. The van der Waals surface area contributed by atoms with Crippen LogP contribution in [-0.2, 0) is 19.1 Å². The molecular formula is C31H52O6. The lowest BCUT2D eigenvalue weighted by Gasteiger charge is -2.15. The maximum absolute atomic E-state index is 12.0. The maximum Gasteiger partial charge on any atom is 0.306 e. The Morgan fingerprint density at radius 2 is 1.30 bits per heavy atom. The van der Waals surface area contributed by atoms with Crippen molar-refractivity contribution in [3.8, 4) is 0 Å². The first-order valence-electron chi connectivity index (χ1n) is 14.3. The van der Waals surface area contributed by atoms with Crippen LogP contribution >= 0.6 is 0 Å². The first-order chi connectivity index (χ1) is 18.0. The van der Waals surface area contributed by atoms with Gasteiger partial charge in [-0.3, -0.25) is 9.59 Å². The summed E-state index contributed by atoms with van der Waals surface area (Å²) in [7, 11) is 0. The lowest BCUT2D eigenvalue weighted by Crippen LogP contribution is -2.28. The number of carbonyl (C=O) groups excluding carboxylic acids is 2. The molecule has 0 aromatic heterocycles. The molecule has 2 N–H and O–H groups in total. The SMILES string of the molecule is CCCCCCCC(=O)OC[C@H](CO)OC(=O)CCC/C=C\C/C=C\C/C=C\C/C=C\CC[C@H](O)CC. The van der Waals surface area contributed by atoms with Gasteiger partial charge in [-0.05, 0) is 57.8 Å². The summed E-state index contributed by atoms with van der Waals surface area (Å²) in [6.45, 7) is 3.68. The van der Waals surface area contributed by atoms with Gasteiger partial charge >= 0.3 is 11.9 Å². The van der Waals surface area contributed by atoms with Crippen LogP contribution in [0.2, 0.25) is 0 Å². The number of aliphatic hydroxyl groups is 2. The Kier molecular flexibility index (Phi) is 25.3. The Labute approximate surface area is 225 Å². The fourth-order valence-electron chi connectivity index (χ4n) is 3.41. The summed E-state index contributed by atoms with van der Waals surface area (Å²) in [6, 6.07) is 0. The molecule has 0 aliphatic heterocycles. The van der Waals surface area contributed by atoms with Crippen molar-refractivity contribution < 1.29 is 29.3 Å². The first kappa shape index (κ1) is 34.8. The number of esters is 2. The van der Waals surface area contributed by atoms with E-state index in [9.17, 15) is 19.8 Å². The van der Waals surface area contributed by atoms with Gasteiger partial charge in [0.2, 0.25) is 0 Å². The van der Waals surface area contributed by atoms with Gasteiger partial charge in [-0.15, -0.1) is 0 Å². The molecule has 0 unspecified atom stereocenters. The predicted molar refractivity (Wildman–Crippen MR) is 151 cm³/mol. The molecule has 0 amide bonds. The van der Waals surface area contributed by atoms with Crippen LogP contribution in [0.5, 0.6) is 0 Å². The molecule has 6 nitrogen and oxygen atoms in total. The zero-order chi connectivity index (χ0) is 27.4. The molecule has 37 heavy (non-hydrogen) atoms. The second-order valence-electron chi connectivity index (χ2n) is 9.27. The van der Waals surface area contributed by atoms with Crippen molar-refractivity contribution in [3.63, 3.8) is 0 Å². The van der Waals surface area contributed by atoms with E-state index in [2.05, 4.69) is 55.5 Å². The molecule has 0 aliphatic carbocycles. The number of unbranched alkanes of at least 4 members (excludes halogenated alkanes) is 5. The second-order valence-corrected chi connectivity index (χ2v) is 9.27. The Morgan fingerprint density at radius 3 is 1.89 bits per heavy atom. The molecule has 0 aromatic carbocycles. The highest BCUT2D eigenvalue weighted by Gasteiger charge is 2.15. The molecule has 2 atom stereocenters. The van der Waals surface area contributed by atoms with E-state index in [1.807, 2.05) is 6.92 Å². The third-order valence-corrected chi connectivity index (χ3v) is 5.79. The summed E-state index contributed by atoms with van der Waals surface area (Å²) in [6.07, 6.45) is 28.5. The van der Waals surface area contributed by atoms with Gasteiger partial charge in [-0.25, -0.2) is 0 Å². The fourth-order valence-corrected chi connectivity index (χ4v) is 3.41. The highest BCUT2D eigenvalue weighted by atomic mass is 16.6. The van der Waals surface area contributed by atoms with Gasteiger partial charge in [0.15, 0.2) is 6.10 Å². The summed E-state index contributed by atoms with van der Waals surface area (Å²) < 4.78 is 10.4. The zero-order valence-corrected chi connectivity index (χ0v) is 23.3. The summed E-state index contributed by atoms with van der Waals surface area (Å²) in [5.41, 5.74) is 0.